The van der Waals surface area contributed by atoms with Gasteiger partial charge >= 0.3 is 0 Å². The quantitative estimate of drug-likeness (QED) is 0.0900. The minimum Gasteiger partial charge on any atom is -0.310 e. The van der Waals surface area contributed by atoms with Gasteiger partial charge in [-0.15, -0.1) is 0 Å². The first-order chi connectivity index (χ1) is 59.7. The number of rotatable bonds is 17. The summed E-state index contributed by atoms with van der Waals surface area (Å²) in [7, 11) is 0. The molecule has 0 fully saturated rings. The lowest BCUT2D eigenvalue weighted by Crippen LogP contribution is -2.12. The fourth-order valence-corrected chi connectivity index (χ4v) is 16.8. The highest BCUT2D eigenvalue weighted by Crippen LogP contribution is 2.45. The number of aryl methyl sites for hydroxylation is 4. The van der Waals surface area contributed by atoms with E-state index in [1.165, 1.54) is 166 Å². The Labute approximate surface area is 711 Å². The van der Waals surface area contributed by atoms with Gasteiger partial charge in [-0.3, -0.25) is 0 Å². The maximum atomic E-state index is 2.40. The minimum absolute atomic E-state index is 1.13. The Morgan fingerprint density at radius 1 is 0.132 bits per heavy atom. The van der Waals surface area contributed by atoms with Crippen molar-refractivity contribution in [3.8, 4) is 89.0 Å². The Bertz CT molecular complexity index is 6820. The standard InChI is InChI=1S/C42H33N.C41H31N.C35H27N/c1-30-28-36(32-12-5-3-6-13-32)22-26-41(30)43(42-27-23-37(29-31(42)2)33-14-7-4-8-15-33)38-24-20-35(21-25-38)40-19-11-17-34-16-9-10-18-39(34)40;1-30-10-5-8-17-41(30)42(37-26-22-33(23-27-37)31-11-3-2-4-12-31)38-28-24-34(25-29-38)32-18-20-36(21-19-32)40-16-9-14-35-13-6-7-15-39(35)40;1-26-10-5-8-17-35(26)36(31-22-18-28(19-23-31)27-11-3-2-4-12-27)32-24-20-30(21-25-32)34-16-9-14-29-13-6-7-15-33(29)34/h3-29H,1-2H3;2-29H,1H3;2-25H,1H3. The first kappa shape index (κ1) is 76.8. The van der Waals surface area contributed by atoms with E-state index in [2.05, 4.69) is 522 Å². The van der Waals surface area contributed by atoms with E-state index in [9.17, 15) is 0 Å². The van der Waals surface area contributed by atoms with E-state index in [-0.39, 0.29) is 0 Å². The van der Waals surface area contributed by atoms with Crippen LogP contribution in [0.2, 0.25) is 0 Å². The summed E-state index contributed by atoms with van der Waals surface area (Å²) in [5.41, 5.74) is 35.0. The average Bonchev–Trinajstić information content (AvgIpc) is 0.769. The molecule has 578 valence electrons. The molecule has 121 heavy (non-hydrogen) atoms. The van der Waals surface area contributed by atoms with Crippen LogP contribution in [0.25, 0.3) is 121 Å². The molecule has 20 aromatic rings. The van der Waals surface area contributed by atoms with Gasteiger partial charge in [0.15, 0.2) is 0 Å². The molecule has 0 atom stereocenters. The molecule has 0 N–H and O–H groups in total. The highest BCUT2D eigenvalue weighted by molar-refractivity contribution is 6.00. The zero-order valence-electron chi connectivity index (χ0n) is 68.5. The van der Waals surface area contributed by atoms with E-state index in [0.29, 0.717) is 0 Å². The molecule has 0 aliphatic carbocycles. The fourth-order valence-electron chi connectivity index (χ4n) is 16.8. The second kappa shape index (κ2) is 35.6. The van der Waals surface area contributed by atoms with Crippen LogP contribution in [-0.2, 0) is 0 Å². The molecule has 0 saturated carbocycles. The van der Waals surface area contributed by atoms with Gasteiger partial charge in [-0.1, -0.05) is 382 Å². The van der Waals surface area contributed by atoms with E-state index < -0.39 is 0 Å². The van der Waals surface area contributed by atoms with Crippen molar-refractivity contribution in [2.45, 2.75) is 27.7 Å². The number of para-hydroxylation sites is 2. The molecule has 0 aliphatic rings. The average molecular weight is 1550 g/mol. The number of benzene rings is 20. The smallest absolute Gasteiger partial charge is 0.0491 e. The molecular formula is C118H91N3. The predicted octanol–water partition coefficient (Wildman–Crippen LogP) is 33.5. The molecule has 0 radical (unpaired) electrons. The lowest BCUT2D eigenvalue weighted by molar-refractivity contribution is 1.23. The van der Waals surface area contributed by atoms with Gasteiger partial charge in [0.05, 0.1) is 0 Å². The second-order valence-corrected chi connectivity index (χ2v) is 30.9. The minimum atomic E-state index is 1.13. The molecule has 20 aromatic carbocycles. The first-order valence-electron chi connectivity index (χ1n) is 41.7. The predicted molar refractivity (Wildman–Crippen MR) is 518 cm³/mol. The van der Waals surface area contributed by atoms with Crippen LogP contribution in [0, 0.1) is 27.7 Å². The third-order valence-electron chi connectivity index (χ3n) is 23.2. The fraction of sp³-hybridized carbons (Fsp3) is 0.0339. The molecule has 3 nitrogen and oxygen atoms in total. The third kappa shape index (κ3) is 16.8. The summed E-state index contributed by atoms with van der Waals surface area (Å²) in [6.45, 7) is 8.78. The van der Waals surface area contributed by atoms with Crippen LogP contribution in [-0.4, -0.2) is 0 Å². The first-order valence-corrected chi connectivity index (χ1v) is 41.7. The van der Waals surface area contributed by atoms with Crippen LogP contribution in [0.3, 0.4) is 0 Å². The number of hydrogen-bond acceptors (Lipinski definition) is 3. The maximum Gasteiger partial charge on any atom is 0.0491 e. The maximum absolute atomic E-state index is 2.40. The summed E-state index contributed by atoms with van der Waals surface area (Å²) < 4.78 is 0. The Morgan fingerprint density at radius 2 is 0.339 bits per heavy atom. The lowest BCUT2D eigenvalue weighted by Gasteiger charge is -2.29. The normalized spacial score (nSPS) is 11.0. The molecule has 0 aliphatic heterocycles. The van der Waals surface area contributed by atoms with Crippen molar-refractivity contribution in [3.63, 3.8) is 0 Å². The molecule has 0 amide bonds. The molecule has 20 rings (SSSR count). The molecule has 0 aromatic heterocycles. The van der Waals surface area contributed by atoms with Crippen molar-refractivity contribution in [3.05, 3.63) is 501 Å². The van der Waals surface area contributed by atoms with Crippen LogP contribution in [0.4, 0.5) is 51.2 Å². The highest BCUT2D eigenvalue weighted by atomic mass is 15.2. The number of anilines is 9. The molecule has 0 saturated heterocycles. The van der Waals surface area contributed by atoms with Crippen LogP contribution < -0.4 is 14.7 Å². The SMILES string of the molecule is Cc1cc(-c2ccccc2)ccc1N(c1ccc(-c2cccc3ccccc23)cc1)c1ccc(-c2ccccc2)cc1C.Cc1ccccc1N(c1ccc(-c2ccccc2)cc1)c1ccc(-c2ccc(-c3cccc4ccccc34)cc2)cc1.Cc1ccccc1N(c1ccc(-c2ccccc2)cc1)c1ccc(-c2cccc3ccccc23)cc1. The van der Waals surface area contributed by atoms with Gasteiger partial charge < -0.3 is 14.7 Å². The topological polar surface area (TPSA) is 9.72 Å². The summed E-state index contributed by atoms with van der Waals surface area (Å²) in [4.78, 5) is 7.09. The Hall–Kier alpha value is -15.4. The summed E-state index contributed by atoms with van der Waals surface area (Å²) >= 11 is 0. The number of nitrogens with zero attached hydrogens (tertiary/aromatic N) is 3. The number of hydrogen-bond donors (Lipinski definition) is 0. The highest BCUT2D eigenvalue weighted by Gasteiger charge is 2.22. The van der Waals surface area contributed by atoms with Crippen molar-refractivity contribution in [2.24, 2.45) is 0 Å². The monoisotopic (exact) mass is 1550 g/mol. The van der Waals surface area contributed by atoms with Crippen molar-refractivity contribution in [1.29, 1.82) is 0 Å². The van der Waals surface area contributed by atoms with Crippen LogP contribution in [0.5, 0.6) is 0 Å². The summed E-state index contributed by atoms with van der Waals surface area (Å²) in [5.74, 6) is 0. The van der Waals surface area contributed by atoms with Crippen LogP contribution in [0.1, 0.15) is 22.3 Å². The molecule has 3 heteroatoms. The van der Waals surface area contributed by atoms with Gasteiger partial charge in [-0.25, -0.2) is 0 Å². The summed E-state index contributed by atoms with van der Waals surface area (Å²) in [5, 5.41) is 7.62. The van der Waals surface area contributed by atoms with Gasteiger partial charge in [0.2, 0.25) is 0 Å². The van der Waals surface area contributed by atoms with Crippen LogP contribution in [0.15, 0.2) is 479 Å². The lowest BCUT2D eigenvalue weighted by atomic mass is 9.96. The van der Waals surface area contributed by atoms with Gasteiger partial charge in [-0.05, 0) is 268 Å². The number of fused-ring (bicyclic) bond motifs is 3. The second-order valence-electron chi connectivity index (χ2n) is 30.9. The molecule has 0 unspecified atom stereocenters. The summed E-state index contributed by atoms with van der Waals surface area (Å²) in [6.07, 6.45) is 0. The zero-order valence-corrected chi connectivity index (χ0v) is 68.5. The molecule has 0 bridgehead atoms. The van der Waals surface area contributed by atoms with Crippen molar-refractivity contribution < 1.29 is 0 Å². The van der Waals surface area contributed by atoms with Gasteiger partial charge in [0, 0.05) is 51.2 Å². The van der Waals surface area contributed by atoms with E-state index in [1.54, 1.807) is 0 Å². The molecule has 0 spiro atoms. The Kier molecular flexibility index (Phi) is 22.6. The van der Waals surface area contributed by atoms with Crippen molar-refractivity contribution >= 4 is 83.5 Å². The van der Waals surface area contributed by atoms with E-state index >= 15 is 0 Å². The van der Waals surface area contributed by atoms with E-state index in [4.69, 9.17) is 0 Å². The van der Waals surface area contributed by atoms with Gasteiger partial charge in [-0.2, -0.15) is 0 Å². The zero-order chi connectivity index (χ0) is 81.8. The Morgan fingerprint density at radius 3 is 0.636 bits per heavy atom. The largest absolute Gasteiger partial charge is 0.310 e. The molecular weight excluding hydrogens is 1460 g/mol. The van der Waals surface area contributed by atoms with Crippen molar-refractivity contribution in [2.75, 3.05) is 14.7 Å². The molecule has 0 heterocycles. The van der Waals surface area contributed by atoms with E-state index in [0.717, 1.165) is 28.4 Å². The van der Waals surface area contributed by atoms with Gasteiger partial charge in [0.1, 0.15) is 0 Å². The summed E-state index contributed by atoms with van der Waals surface area (Å²) in [6, 6.07) is 172. The Balaban J connectivity index is 0.000000125. The van der Waals surface area contributed by atoms with Gasteiger partial charge in [0.25, 0.3) is 0 Å². The van der Waals surface area contributed by atoms with Crippen LogP contribution >= 0.6 is 0 Å². The van der Waals surface area contributed by atoms with Crippen molar-refractivity contribution in [1.82, 2.24) is 0 Å². The third-order valence-corrected chi connectivity index (χ3v) is 23.2. The van der Waals surface area contributed by atoms with E-state index in [1.807, 2.05) is 0 Å².